The van der Waals surface area contributed by atoms with Gasteiger partial charge in [-0.1, -0.05) is 0 Å². The van der Waals surface area contributed by atoms with Crippen molar-refractivity contribution in [2.45, 2.75) is 5.32 Å². The van der Waals surface area contributed by atoms with E-state index in [-0.39, 0.29) is 31.0 Å². The van der Waals surface area contributed by atoms with Gasteiger partial charge >= 0.3 is 63.2 Å². The quantitative estimate of drug-likeness (QED) is 0.382. The molecule has 0 bridgehead atoms. The Morgan fingerprint density at radius 2 is 2.00 bits per heavy atom. The van der Waals surface area contributed by atoms with Gasteiger partial charge in [-0.15, -0.1) is 0 Å². The van der Waals surface area contributed by atoms with Gasteiger partial charge in [0, 0.05) is 0 Å². The van der Waals surface area contributed by atoms with Crippen molar-refractivity contribution in [2.75, 3.05) is 6.54 Å². The molecule has 2 N–H and O–H groups in total. The first kappa shape index (κ1) is 9.70. The number of hydrogen-bond acceptors (Lipinski definition) is 1. The third-order valence-corrected chi connectivity index (χ3v) is 0.671. The van der Waals surface area contributed by atoms with E-state index < -0.39 is 0 Å². The number of hydrogen-bond donors (Lipinski definition) is 1. The Kier molecular flexibility index (Phi) is 17.6. The summed E-state index contributed by atoms with van der Waals surface area (Å²) in [5, 5.41) is 1.03. The van der Waals surface area contributed by atoms with Gasteiger partial charge in [-0.25, -0.2) is 0 Å². The Balaban J connectivity index is -0.0000000450. The molecule has 0 aromatic heterocycles. The predicted octanol–water partition coefficient (Wildman–Crippen LogP) is -3.62. The summed E-state index contributed by atoms with van der Waals surface area (Å²) in [5.41, 5.74) is 5.01. The maximum absolute atomic E-state index is 5.01. The molecule has 0 unspecified atom stereocenters. The minimum absolute atomic E-state index is 0. The number of nitrogens with two attached hydrogens (primary N) is 1. The molecule has 0 aromatic rings. The van der Waals surface area contributed by atoms with Crippen molar-refractivity contribution >= 4 is 16.0 Å². The SMILES string of the molecule is NCC[SeH].[H-].[Na+]. The molecule has 0 saturated heterocycles. The van der Waals surface area contributed by atoms with Crippen LogP contribution in [0.1, 0.15) is 1.43 Å². The minimum Gasteiger partial charge on any atom is -1.00 e. The van der Waals surface area contributed by atoms with E-state index in [2.05, 4.69) is 16.0 Å². The van der Waals surface area contributed by atoms with Gasteiger partial charge in [-0.3, -0.25) is 0 Å². The van der Waals surface area contributed by atoms with Crippen LogP contribution in [0.15, 0.2) is 0 Å². The molecule has 0 amide bonds. The zero-order valence-electron chi connectivity index (χ0n) is 4.44. The smallest absolute Gasteiger partial charge is 1.00 e. The van der Waals surface area contributed by atoms with E-state index >= 15 is 0 Å². The van der Waals surface area contributed by atoms with Gasteiger partial charge < -0.3 is 1.43 Å². The summed E-state index contributed by atoms with van der Waals surface area (Å²) in [6, 6.07) is 0. The molecule has 0 fully saturated rings. The molecule has 0 aliphatic heterocycles. The van der Waals surface area contributed by atoms with Gasteiger partial charge in [0.25, 0.3) is 0 Å². The van der Waals surface area contributed by atoms with Crippen molar-refractivity contribution < 1.29 is 31.0 Å². The molecule has 0 radical (unpaired) electrons. The van der Waals surface area contributed by atoms with Crippen molar-refractivity contribution in [3.8, 4) is 0 Å². The Labute approximate surface area is 64.3 Å². The van der Waals surface area contributed by atoms with Gasteiger partial charge in [0.15, 0.2) is 0 Å². The van der Waals surface area contributed by atoms with Crippen LogP contribution in [0.4, 0.5) is 0 Å². The minimum atomic E-state index is 0. The van der Waals surface area contributed by atoms with Crippen molar-refractivity contribution in [1.29, 1.82) is 0 Å². The zero-order valence-corrected chi connectivity index (χ0v) is 7.32. The van der Waals surface area contributed by atoms with Crippen LogP contribution in [-0.2, 0) is 0 Å². The molecule has 3 heteroatoms. The second-order valence-corrected chi connectivity index (χ2v) is 1.45. The van der Waals surface area contributed by atoms with Crippen molar-refractivity contribution in [3.05, 3.63) is 0 Å². The molecular weight excluding hydrogens is 140 g/mol. The Bertz CT molecular complexity index is 15.5. The van der Waals surface area contributed by atoms with Crippen LogP contribution in [0.2, 0.25) is 5.32 Å². The van der Waals surface area contributed by atoms with Crippen LogP contribution in [-0.4, -0.2) is 22.6 Å². The van der Waals surface area contributed by atoms with Crippen molar-refractivity contribution in [3.63, 3.8) is 0 Å². The van der Waals surface area contributed by atoms with E-state index in [9.17, 15) is 0 Å². The molecule has 0 aliphatic carbocycles. The largest absolute Gasteiger partial charge is 1.00 e. The van der Waals surface area contributed by atoms with Crippen molar-refractivity contribution in [1.82, 2.24) is 0 Å². The summed E-state index contributed by atoms with van der Waals surface area (Å²) in [7, 11) is 0. The molecule has 0 spiro atoms. The molecule has 0 atom stereocenters. The monoisotopic (exact) mass is 149 g/mol. The Morgan fingerprint density at radius 3 is 2.00 bits per heavy atom. The van der Waals surface area contributed by atoms with E-state index in [0.717, 1.165) is 11.9 Å². The van der Waals surface area contributed by atoms with Gasteiger partial charge in [-0.2, -0.15) is 0 Å². The maximum Gasteiger partial charge on any atom is 1.00 e. The fourth-order valence-electron chi connectivity index (χ4n) is 0. The molecule has 0 aliphatic rings. The molecule has 0 saturated carbocycles. The zero-order chi connectivity index (χ0) is 3.41. The van der Waals surface area contributed by atoms with Crippen LogP contribution >= 0.6 is 0 Å². The molecule has 0 heterocycles. The summed E-state index contributed by atoms with van der Waals surface area (Å²) in [4.78, 5) is 0. The van der Waals surface area contributed by atoms with Crippen LogP contribution < -0.4 is 35.3 Å². The van der Waals surface area contributed by atoms with Gasteiger partial charge in [0.05, 0.1) is 0 Å². The Morgan fingerprint density at radius 1 is 1.80 bits per heavy atom. The summed E-state index contributed by atoms with van der Waals surface area (Å²) in [6.45, 7) is 0.792. The van der Waals surface area contributed by atoms with E-state index in [1.165, 1.54) is 0 Å². The molecule has 28 valence electrons. The summed E-state index contributed by atoms with van der Waals surface area (Å²) in [5.74, 6) is 0. The fraction of sp³-hybridized carbons (Fsp3) is 1.00. The fourth-order valence-corrected chi connectivity index (χ4v) is 0. The summed E-state index contributed by atoms with van der Waals surface area (Å²) < 4.78 is 0. The standard InChI is InChI=1S/C2H7NSe.Na.H/c3-1-2-4;;/h4H,1-3H2;;/q;+1;-1. The van der Waals surface area contributed by atoms with E-state index in [0.29, 0.717) is 0 Å². The Hall–Kier alpha value is 1.48. The predicted molar refractivity (Wildman–Crippen MR) is 22.1 cm³/mol. The normalized spacial score (nSPS) is 6.00. The second kappa shape index (κ2) is 9.08. The van der Waals surface area contributed by atoms with E-state index in [4.69, 9.17) is 5.73 Å². The van der Waals surface area contributed by atoms with E-state index in [1.54, 1.807) is 0 Å². The third-order valence-electron chi connectivity index (χ3n) is 0.129. The summed E-state index contributed by atoms with van der Waals surface area (Å²) >= 11 is 2.41. The second-order valence-electron chi connectivity index (χ2n) is 0.512. The van der Waals surface area contributed by atoms with Gasteiger partial charge in [-0.05, 0) is 0 Å². The first-order valence-electron chi connectivity index (χ1n) is 1.22. The molecule has 5 heavy (non-hydrogen) atoms. The average Bonchev–Trinajstić information content (AvgIpc) is 1.37. The third kappa shape index (κ3) is 10.8. The molecule has 1 nitrogen and oxygen atoms in total. The first-order valence-corrected chi connectivity index (χ1v) is 2.55. The van der Waals surface area contributed by atoms with E-state index in [1.807, 2.05) is 0 Å². The van der Waals surface area contributed by atoms with Crippen molar-refractivity contribution in [2.24, 2.45) is 5.73 Å². The average molecular weight is 148 g/mol. The summed E-state index contributed by atoms with van der Waals surface area (Å²) in [6.07, 6.45) is 0. The molecular formula is C2H8NNaSe. The maximum atomic E-state index is 5.01. The molecule has 0 rings (SSSR count). The van der Waals surface area contributed by atoms with Gasteiger partial charge in [0.2, 0.25) is 0 Å². The molecule has 0 aromatic carbocycles. The number of rotatable bonds is 1. The van der Waals surface area contributed by atoms with Crippen LogP contribution in [0.25, 0.3) is 0 Å². The van der Waals surface area contributed by atoms with Crippen LogP contribution in [0.3, 0.4) is 0 Å². The van der Waals surface area contributed by atoms with Crippen LogP contribution in [0, 0.1) is 0 Å². The first-order chi connectivity index (χ1) is 1.91. The van der Waals surface area contributed by atoms with Crippen LogP contribution in [0.5, 0.6) is 0 Å². The van der Waals surface area contributed by atoms with Gasteiger partial charge in [0.1, 0.15) is 0 Å². The topological polar surface area (TPSA) is 26.0 Å².